The Kier molecular flexibility index (Phi) is 1.93. The number of rotatable bonds is 1. The fourth-order valence-corrected chi connectivity index (χ4v) is 1.68. The average molecular weight is 213 g/mol. The molecule has 0 radical (unpaired) electrons. The molecular formula is C12H8FN3. The number of imidazole rings is 1. The first-order valence-corrected chi connectivity index (χ1v) is 4.89. The predicted molar refractivity (Wildman–Crippen MR) is 58.8 cm³/mol. The van der Waals surface area contributed by atoms with Crippen LogP contribution < -0.4 is 0 Å². The smallest absolute Gasteiger partial charge is 0.174 e. The Bertz CT molecular complexity index is 645. The molecule has 0 aliphatic heterocycles. The van der Waals surface area contributed by atoms with Crippen molar-refractivity contribution in [2.75, 3.05) is 0 Å². The predicted octanol–water partition coefficient (Wildman–Crippen LogP) is 2.56. The van der Waals surface area contributed by atoms with Crippen LogP contribution in [0.5, 0.6) is 0 Å². The third kappa shape index (κ3) is 1.27. The van der Waals surface area contributed by atoms with Gasteiger partial charge in [0.15, 0.2) is 11.6 Å². The van der Waals surface area contributed by atoms with E-state index in [0.717, 1.165) is 11.0 Å². The molecule has 0 bridgehead atoms. The minimum Gasteiger partial charge on any atom is -0.280 e. The monoisotopic (exact) mass is 213 g/mol. The summed E-state index contributed by atoms with van der Waals surface area (Å²) in [6, 6.07) is 10.5. The van der Waals surface area contributed by atoms with Crippen LogP contribution in [0.15, 0.2) is 48.9 Å². The molecule has 0 saturated heterocycles. The number of hydrogen-bond acceptors (Lipinski definition) is 2. The van der Waals surface area contributed by atoms with Gasteiger partial charge in [-0.2, -0.15) is 0 Å². The number of nitrogens with zero attached hydrogens (tertiary/aromatic N) is 3. The molecule has 78 valence electrons. The number of aromatic nitrogens is 3. The Morgan fingerprint density at radius 3 is 2.75 bits per heavy atom. The number of hydrogen-bond donors (Lipinski definition) is 0. The van der Waals surface area contributed by atoms with Crippen molar-refractivity contribution in [1.29, 1.82) is 0 Å². The lowest BCUT2D eigenvalue weighted by Gasteiger charge is -2.03. The standard InChI is InChI=1S/C12H8FN3/c13-9-4-3-7-14-12(9)16-8-15-10-5-1-2-6-11(10)16/h1-8H. The molecule has 16 heavy (non-hydrogen) atoms. The number of fused-ring (bicyclic) bond motifs is 1. The molecule has 0 aliphatic rings. The summed E-state index contributed by atoms with van der Waals surface area (Å²) in [4.78, 5) is 8.21. The third-order valence-electron chi connectivity index (χ3n) is 2.42. The highest BCUT2D eigenvalue weighted by Crippen LogP contribution is 2.17. The topological polar surface area (TPSA) is 30.7 Å². The van der Waals surface area contributed by atoms with E-state index in [1.807, 2.05) is 24.3 Å². The third-order valence-corrected chi connectivity index (χ3v) is 2.42. The molecule has 0 spiro atoms. The molecule has 1 aromatic carbocycles. The van der Waals surface area contributed by atoms with Crippen molar-refractivity contribution in [1.82, 2.24) is 14.5 Å². The number of para-hydroxylation sites is 2. The first-order valence-electron chi connectivity index (χ1n) is 4.89. The van der Waals surface area contributed by atoms with Crippen molar-refractivity contribution in [3.05, 3.63) is 54.7 Å². The van der Waals surface area contributed by atoms with Crippen LogP contribution >= 0.6 is 0 Å². The van der Waals surface area contributed by atoms with Gasteiger partial charge in [0.2, 0.25) is 0 Å². The maximum atomic E-state index is 13.6. The lowest BCUT2D eigenvalue weighted by molar-refractivity contribution is 0.611. The van der Waals surface area contributed by atoms with Crippen LogP contribution in [0.4, 0.5) is 4.39 Å². The van der Waals surface area contributed by atoms with Crippen molar-refractivity contribution in [3.8, 4) is 5.82 Å². The van der Waals surface area contributed by atoms with E-state index in [9.17, 15) is 4.39 Å². The van der Waals surface area contributed by atoms with E-state index >= 15 is 0 Å². The minimum atomic E-state index is -0.356. The first-order chi connectivity index (χ1) is 7.86. The molecule has 3 rings (SSSR count). The highest BCUT2D eigenvalue weighted by Gasteiger charge is 2.08. The van der Waals surface area contributed by atoms with Crippen LogP contribution in [-0.4, -0.2) is 14.5 Å². The molecule has 0 amide bonds. The SMILES string of the molecule is Fc1cccnc1-n1cnc2ccccc21. The Hall–Kier alpha value is -2.23. The summed E-state index contributed by atoms with van der Waals surface area (Å²) < 4.78 is 15.2. The molecule has 3 aromatic rings. The van der Waals surface area contributed by atoms with E-state index in [1.165, 1.54) is 6.07 Å². The summed E-state index contributed by atoms with van der Waals surface area (Å²) in [6.45, 7) is 0. The van der Waals surface area contributed by atoms with Gasteiger partial charge in [0.05, 0.1) is 11.0 Å². The van der Waals surface area contributed by atoms with Crippen molar-refractivity contribution in [3.63, 3.8) is 0 Å². The first kappa shape index (κ1) is 9.03. The second kappa shape index (κ2) is 3.41. The van der Waals surface area contributed by atoms with Gasteiger partial charge in [-0.15, -0.1) is 0 Å². The van der Waals surface area contributed by atoms with Crippen LogP contribution in [0.3, 0.4) is 0 Å². The van der Waals surface area contributed by atoms with E-state index in [4.69, 9.17) is 0 Å². The van der Waals surface area contributed by atoms with Crippen LogP contribution in [0.25, 0.3) is 16.9 Å². The number of benzene rings is 1. The second-order valence-corrected chi connectivity index (χ2v) is 3.41. The van der Waals surface area contributed by atoms with Crippen LogP contribution in [0, 0.1) is 5.82 Å². The maximum absolute atomic E-state index is 13.6. The van der Waals surface area contributed by atoms with Gasteiger partial charge in [-0.3, -0.25) is 4.57 Å². The molecule has 3 nitrogen and oxygen atoms in total. The fraction of sp³-hybridized carbons (Fsp3) is 0. The van der Waals surface area contributed by atoms with Crippen LogP contribution in [0.2, 0.25) is 0 Å². The quantitative estimate of drug-likeness (QED) is 0.622. The summed E-state index contributed by atoms with van der Waals surface area (Å²) in [5.41, 5.74) is 1.67. The summed E-state index contributed by atoms with van der Waals surface area (Å²) in [7, 11) is 0. The highest BCUT2D eigenvalue weighted by molar-refractivity contribution is 5.76. The lowest BCUT2D eigenvalue weighted by atomic mass is 10.3. The largest absolute Gasteiger partial charge is 0.280 e. The summed E-state index contributed by atoms with van der Waals surface area (Å²) in [5.74, 6) is -0.0816. The number of halogens is 1. The van der Waals surface area contributed by atoms with Gasteiger partial charge in [0, 0.05) is 6.20 Å². The Labute approximate surface area is 91.2 Å². The Morgan fingerprint density at radius 2 is 1.88 bits per heavy atom. The Morgan fingerprint density at radius 1 is 1.00 bits per heavy atom. The van der Waals surface area contributed by atoms with E-state index in [-0.39, 0.29) is 11.6 Å². The normalized spacial score (nSPS) is 10.8. The molecule has 4 heteroatoms. The molecule has 0 atom stereocenters. The van der Waals surface area contributed by atoms with Crippen molar-refractivity contribution in [2.24, 2.45) is 0 Å². The van der Waals surface area contributed by atoms with E-state index in [0.29, 0.717) is 0 Å². The summed E-state index contributed by atoms with van der Waals surface area (Å²) >= 11 is 0. The van der Waals surface area contributed by atoms with Gasteiger partial charge in [-0.25, -0.2) is 14.4 Å². The Balaban J connectivity index is 2.31. The maximum Gasteiger partial charge on any atom is 0.174 e. The van der Waals surface area contributed by atoms with E-state index in [2.05, 4.69) is 9.97 Å². The molecule has 2 heterocycles. The van der Waals surface area contributed by atoms with Gasteiger partial charge >= 0.3 is 0 Å². The molecule has 0 saturated carbocycles. The fourth-order valence-electron chi connectivity index (χ4n) is 1.68. The van der Waals surface area contributed by atoms with Crippen LogP contribution in [-0.2, 0) is 0 Å². The zero-order valence-electron chi connectivity index (χ0n) is 8.34. The second-order valence-electron chi connectivity index (χ2n) is 3.41. The zero-order valence-corrected chi connectivity index (χ0v) is 8.34. The molecular weight excluding hydrogens is 205 g/mol. The molecule has 2 aromatic heterocycles. The molecule has 0 unspecified atom stereocenters. The van der Waals surface area contributed by atoms with Crippen molar-refractivity contribution in [2.45, 2.75) is 0 Å². The average Bonchev–Trinajstić information content (AvgIpc) is 2.74. The van der Waals surface area contributed by atoms with Gasteiger partial charge in [0.1, 0.15) is 6.33 Å². The summed E-state index contributed by atoms with van der Waals surface area (Å²) in [6.07, 6.45) is 3.14. The van der Waals surface area contributed by atoms with Crippen LogP contribution in [0.1, 0.15) is 0 Å². The van der Waals surface area contributed by atoms with Gasteiger partial charge in [0.25, 0.3) is 0 Å². The van der Waals surface area contributed by atoms with Gasteiger partial charge in [-0.1, -0.05) is 12.1 Å². The molecule has 0 fully saturated rings. The minimum absolute atomic E-state index is 0.274. The van der Waals surface area contributed by atoms with E-state index < -0.39 is 0 Å². The summed E-state index contributed by atoms with van der Waals surface area (Å²) in [5, 5.41) is 0. The van der Waals surface area contributed by atoms with Gasteiger partial charge in [-0.05, 0) is 24.3 Å². The van der Waals surface area contributed by atoms with Gasteiger partial charge < -0.3 is 0 Å². The van der Waals surface area contributed by atoms with Crippen molar-refractivity contribution < 1.29 is 4.39 Å². The van der Waals surface area contributed by atoms with E-state index in [1.54, 1.807) is 23.2 Å². The number of pyridine rings is 1. The van der Waals surface area contributed by atoms with Crippen molar-refractivity contribution >= 4 is 11.0 Å². The molecule has 0 aliphatic carbocycles. The zero-order chi connectivity index (χ0) is 11.0. The lowest BCUT2D eigenvalue weighted by Crippen LogP contribution is -1.98. The molecule has 0 N–H and O–H groups in total. The highest BCUT2D eigenvalue weighted by atomic mass is 19.1.